The number of anilines is 1. The number of aromatic nitrogens is 5. The van der Waals surface area contributed by atoms with Crippen molar-refractivity contribution in [2.45, 2.75) is 24.7 Å². The molecule has 8 heteroatoms. The molecule has 0 saturated carbocycles. The summed E-state index contributed by atoms with van der Waals surface area (Å²) in [5.74, 6) is 1.39. The molecule has 2 aromatic heterocycles. The maximum atomic E-state index is 6.37. The van der Waals surface area contributed by atoms with Crippen LogP contribution in [0.3, 0.4) is 0 Å². The topological polar surface area (TPSA) is 88.6 Å². The summed E-state index contributed by atoms with van der Waals surface area (Å²) in [6, 6.07) is 18.0. The largest absolute Gasteiger partial charge is 0.448 e. The summed E-state index contributed by atoms with van der Waals surface area (Å²) in [6.45, 7) is 2.13. The summed E-state index contributed by atoms with van der Waals surface area (Å²) in [6.07, 6.45) is 2.34. The van der Waals surface area contributed by atoms with Gasteiger partial charge in [-0.1, -0.05) is 67.2 Å². The predicted octanol–water partition coefficient (Wildman–Crippen LogP) is 4.93. The van der Waals surface area contributed by atoms with E-state index >= 15 is 0 Å². The van der Waals surface area contributed by atoms with Crippen molar-refractivity contribution in [3.05, 3.63) is 66.4 Å². The van der Waals surface area contributed by atoms with Gasteiger partial charge >= 0.3 is 0 Å². The minimum atomic E-state index is -0.484. The average Bonchev–Trinajstić information content (AvgIpc) is 3.22. The van der Waals surface area contributed by atoms with Crippen LogP contribution in [0.4, 0.5) is 5.69 Å². The van der Waals surface area contributed by atoms with Crippen LogP contribution in [0.25, 0.3) is 22.5 Å². The summed E-state index contributed by atoms with van der Waals surface area (Å²) in [7, 11) is 0. The zero-order valence-electron chi connectivity index (χ0n) is 16.4. The second-order valence-electron chi connectivity index (χ2n) is 6.85. The van der Waals surface area contributed by atoms with Gasteiger partial charge in [0.2, 0.25) is 17.3 Å². The number of H-pyrrole nitrogens is 1. The molecule has 1 aliphatic heterocycles. The number of thioether (sulfide) groups is 1. The van der Waals surface area contributed by atoms with Crippen molar-refractivity contribution in [3.8, 4) is 28.4 Å². The maximum absolute atomic E-state index is 6.37. The Labute approximate surface area is 178 Å². The van der Waals surface area contributed by atoms with Crippen LogP contribution in [0.2, 0.25) is 0 Å². The Hall–Kier alpha value is -3.39. The van der Waals surface area contributed by atoms with E-state index in [1.807, 2.05) is 54.6 Å². The van der Waals surface area contributed by atoms with Gasteiger partial charge in [-0.05, 0) is 12.5 Å². The first-order valence-corrected chi connectivity index (χ1v) is 10.8. The molecule has 3 heterocycles. The number of para-hydroxylation sites is 1. The highest BCUT2D eigenvalue weighted by Crippen LogP contribution is 2.40. The summed E-state index contributed by atoms with van der Waals surface area (Å²) >= 11 is 1.58. The molecule has 0 radical (unpaired) electrons. The number of ether oxygens (including phenoxy) is 1. The van der Waals surface area contributed by atoms with Crippen molar-refractivity contribution < 1.29 is 4.74 Å². The second kappa shape index (κ2) is 8.16. The molecule has 0 fully saturated rings. The van der Waals surface area contributed by atoms with E-state index in [9.17, 15) is 0 Å². The van der Waals surface area contributed by atoms with Crippen molar-refractivity contribution >= 4 is 17.4 Å². The van der Waals surface area contributed by atoms with Crippen molar-refractivity contribution in [2.24, 2.45) is 0 Å². The second-order valence-corrected chi connectivity index (χ2v) is 7.91. The molecule has 30 heavy (non-hydrogen) atoms. The standard InChI is InChI=1S/C22H20N6OS/c1-2-12-30-22-25-21-19(27-28-22)15-10-6-7-11-17(15)24-20(29-21)16-13-23-26-18(16)14-8-4-3-5-9-14/h3-11,13,20,24H,2,12H2,1H3,(H,23,26)/t20-/m1/s1. The molecule has 0 unspecified atom stereocenters. The Morgan fingerprint density at radius 1 is 1.03 bits per heavy atom. The monoisotopic (exact) mass is 416 g/mol. The van der Waals surface area contributed by atoms with Crippen LogP contribution >= 0.6 is 11.8 Å². The van der Waals surface area contributed by atoms with Gasteiger partial charge in [-0.3, -0.25) is 5.10 Å². The molecule has 1 aliphatic rings. The molecule has 0 spiro atoms. The van der Waals surface area contributed by atoms with E-state index in [1.165, 1.54) is 0 Å². The van der Waals surface area contributed by atoms with Crippen LogP contribution in [0.5, 0.6) is 5.88 Å². The van der Waals surface area contributed by atoms with Gasteiger partial charge in [-0.2, -0.15) is 10.1 Å². The highest BCUT2D eigenvalue weighted by atomic mass is 32.2. The molecule has 2 N–H and O–H groups in total. The molecule has 7 nitrogen and oxygen atoms in total. The minimum Gasteiger partial charge on any atom is -0.448 e. The van der Waals surface area contributed by atoms with E-state index in [-0.39, 0.29) is 0 Å². The summed E-state index contributed by atoms with van der Waals surface area (Å²) in [4.78, 5) is 4.67. The van der Waals surface area contributed by atoms with E-state index in [2.05, 4.69) is 37.6 Å². The lowest BCUT2D eigenvalue weighted by atomic mass is 10.1. The fourth-order valence-electron chi connectivity index (χ4n) is 3.37. The Morgan fingerprint density at radius 3 is 2.73 bits per heavy atom. The van der Waals surface area contributed by atoms with Crippen molar-refractivity contribution in [3.63, 3.8) is 0 Å². The first kappa shape index (κ1) is 18.6. The maximum Gasteiger partial charge on any atom is 0.247 e. The summed E-state index contributed by atoms with van der Waals surface area (Å²) < 4.78 is 6.37. The number of nitrogens with one attached hydrogen (secondary N) is 2. The molecule has 150 valence electrons. The lowest BCUT2D eigenvalue weighted by molar-refractivity contribution is 0.226. The lowest BCUT2D eigenvalue weighted by Crippen LogP contribution is -2.17. The van der Waals surface area contributed by atoms with E-state index in [4.69, 9.17) is 4.74 Å². The molecule has 1 atom stereocenters. The fourth-order valence-corrected chi connectivity index (χ4v) is 4.01. The van der Waals surface area contributed by atoms with Crippen molar-refractivity contribution in [2.75, 3.05) is 11.1 Å². The number of hydrogen-bond donors (Lipinski definition) is 2. The SMILES string of the molecule is CCCSc1nnc2c(n1)O[C@H](c1cn[nH]c1-c1ccccc1)Nc1ccccc1-2. The number of fused-ring (bicyclic) bond motifs is 3. The van der Waals surface area contributed by atoms with E-state index in [0.29, 0.717) is 16.7 Å². The van der Waals surface area contributed by atoms with Gasteiger partial charge < -0.3 is 10.1 Å². The summed E-state index contributed by atoms with van der Waals surface area (Å²) in [5, 5.41) is 20.2. The van der Waals surface area contributed by atoms with Crippen LogP contribution in [-0.4, -0.2) is 31.1 Å². The molecule has 0 amide bonds. The highest BCUT2D eigenvalue weighted by molar-refractivity contribution is 7.99. The van der Waals surface area contributed by atoms with Gasteiger partial charge in [0.05, 0.1) is 17.5 Å². The Kier molecular flexibility index (Phi) is 5.06. The predicted molar refractivity (Wildman–Crippen MR) is 117 cm³/mol. The third-order valence-corrected chi connectivity index (χ3v) is 5.83. The fraction of sp³-hybridized carbons (Fsp3) is 0.182. The van der Waals surface area contributed by atoms with Crippen LogP contribution in [0.1, 0.15) is 25.1 Å². The van der Waals surface area contributed by atoms with Gasteiger partial charge in [-0.25, -0.2) is 0 Å². The lowest BCUT2D eigenvalue weighted by Gasteiger charge is -2.19. The molecule has 0 saturated heterocycles. The zero-order valence-corrected chi connectivity index (χ0v) is 17.2. The first-order valence-electron chi connectivity index (χ1n) is 9.82. The number of benzene rings is 2. The molecule has 5 rings (SSSR count). The molecular weight excluding hydrogens is 396 g/mol. The van der Waals surface area contributed by atoms with Gasteiger partial charge in [0, 0.05) is 22.6 Å². The van der Waals surface area contributed by atoms with Crippen molar-refractivity contribution in [1.82, 2.24) is 25.4 Å². The third-order valence-electron chi connectivity index (χ3n) is 4.78. The van der Waals surface area contributed by atoms with E-state index < -0.39 is 6.23 Å². The number of aromatic amines is 1. The Bertz CT molecular complexity index is 1160. The van der Waals surface area contributed by atoms with Crippen LogP contribution in [0.15, 0.2) is 66.0 Å². The molecule has 4 aromatic rings. The Balaban J connectivity index is 1.59. The normalized spacial score (nSPS) is 14.8. The van der Waals surface area contributed by atoms with Crippen molar-refractivity contribution in [1.29, 1.82) is 0 Å². The third kappa shape index (κ3) is 3.50. The highest BCUT2D eigenvalue weighted by Gasteiger charge is 2.28. The molecule has 2 aromatic carbocycles. The van der Waals surface area contributed by atoms with E-state index in [1.54, 1.807) is 18.0 Å². The molecule has 0 aliphatic carbocycles. The van der Waals surface area contributed by atoms with Gasteiger partial charge in [0.15, 0.2) is 5.69 Å². The van der Waals surface area contributed by atoms with Crippen LogP contribution < -0.4 is 10.1 Å². The quantitative estimate of drug-likeness (QED) is 0.446. The van der Waals surface area contributed by atoms with Gasteiger partial charge in [0.1, 0.15) is 0 Å². The van der Waals surface area contributed by atoms with Gasteiger partial charge in [0.25, 0.3) is 0 Å². The molecule has 0 bridgehead atoms. The van der Waals surface area contributed by atoms with Gasteiger partial charge in [-0.15, -0.1) is 10.2 Å². The van der Waals surface area contributed by atoms with Crippen LogP contribution in [-0.2, 0) is 0 Å². The number of nitrogens with zero attached hydrogens (tertiary/aromatic N) is 4. The summed E-state index contributed by atoms with van der Waals surface area (Å²) in [5.41, 5.74) is 5.28. The average molecular weight is 417 g/mol. The van der Waals surface area contributed by atoms with E-state index in [0.717, 1.165) is 40.2 Å². The number of rotatable bonds is 5. The first-order chi connectivity index (χ1) is 14.8. The van der Waals surface area contributed by atoms with Crippen LogP contribution in [0, 0.1) is 0 Å². The molecular formula is C22H20N6OS. The number of hydrogen-bond acceptors (Lipinski definition) is 7. The minimum absolute atomic E-state index is 0.464. The zero-order chi connectivity index (χ0) is 20.3. The Morgan fingerprint density at radius 2 is 1.87 bits per heavy atom. The smallest absolute Gasteiger partial charge is 0.247 e.